The van der Waals surface area contributed by atoms with E-state index >= 15 is 0 Å². The molecule has 0 aromatic carbocycles. The molecule has 0 radical (unpaired) electrons. The molecular formula is C24H28F3N7O4. The van der Waals surface area contributed by atoms with Crippen LogP contribution in [0.1, 0.15) is 44.9 Å². The summed E-state index contributed by atoms with van der Waals surface area (Å²) in [5.41, 5.74) is -1.22. The summed E-state index contributed by atoms with van der Waals surface area (Å²) in [5, 5.41) is 14.4. The quantitative estimate of drug-likeness (QED) is 0.512. The third kappa shape index (κ3) is 4.69. The van der Waals surface area contributed by atoms with E-state index in [2.05, 4.69) is 16.4 Å². The molecule has 2 saturated carbocycles. The second kappa shape index (κ2) is 9.28. The lowest BCUT2D eigenvalue weighted by Gasteiger charge is -2.34. The Bertz CT molecular complexity index is 1200. The maximum atomic E-state index is 13.9. The van der Waals surface area contributed by atoms with E-state index in [-0.39, 0.29) is 37.6 Å². The third-order valence-corrected chi connectivity index (χ3v) is 8.00. The lowest BCUT2D eigenvalue weighted by Crippen LogP contribution is -2.57. The number of carbonyl (C=O) groups excluding carboxylic acids is 4. The number of aromatic nitrogens is 2. The van der Waals surface area contributed by atoms with Gasteiger partial charge in [-0.25, -0.2) is 4.98 Å². The number of likely N-dealkylation sites (tertiary alicyclic amines) is 1. The highest BCUT2D eigenvalue weighted by molar-refractivity contribution is 6.01. The van der Waals surface area contributed by atoms with E-state index < -0.39 is 53.5 Å². The van der Waals surface area contributed by atoms with E-state index in [0.29, 0.717) is 5.95 Å². The summed E-state index contributed by atoms with van der Waals surface area (Å²) in [4.78, 5) is 58.4. The lowest BCUT2D eigenvalue weighted by atomic mass is 9.96. The Labute approximate surface area is 216 Å². The number of likely N-dealkylation sites (N-methyl/N-ethyl adjacent to an activating group) is 1. The van der Waals surface area contributed by atoms with E-state index in [0.717, 1.165) is 30.6 Å². The van der Waals surface area contributed by atoms with Crippen LogP contribution in [0.4, 0.5) is 19.1 Å². The van der Waals surface area contributed by atoms with Crippen molar-refractivity contribution in [3.8, 4) is 6.07 Å². The first-order valence-corrected chi connectivity index (χ1v) is 12.6. The van der Waals surface area contributed by atoms with Crippen molar-refractivity contribution in [1.82, 2.24) is 24.7 Å². The fourth-order valence-corrected chi connectivity index (χ4v) is 5.47. The van der Waals surface area contributed by atoms with Crippen molar-refractivity contribution < 1.29 is 32.3 Å². The van der Waals surface area contributed by atoms with Crippen molar-refractivity contribution in [2.75, 3.05) is 18.9 Å². The molecule has 1 saturated heterocycles. The van der Waals surface area contributed by atoms with Crippen molar-refractivity contribution >= 4 is 29.6 Å². The molecule has 14 heteroatoms. The summed E-state index contributed by atoms with van der Waals surface area (Å²) in [7, 11) is 1.34. The first kappa shape index (κ1) is 26.0. The van der Waals surface area contributed by atoms with Crippen LogP contribution in [0.2, 0.25) is 0 Å². The van der Waals surface area contributed by atoms with Gasteiger partial charge in [0.25, 0.3) is 5.91 Å². The number of rotatable bonds is 8. The zero-order valence-corrected chi connectivity index (χ0v) is 20.7. The minimum absolute atomic E-state index is 0.0233. The number of nitrogens with one attached hydrogen (secondary N) is 2. The van der Waals surface area contributed by atoms with Crippen molar-refractivity contribution in [2.45, 2.75) is 74.8 Å². The van der Waals surface area contributed by atoms with Crippen LogP contribution in [0, 0.1) is 23.2 Å². The fourth-order valence-electron chi connectivity index (χ4n) is 5.47. The van der Waals surface area contributed by atoms with Gasteiger partial charge in [-0.1, -0.05) is 25.7 Å². The maximum Gasteiger partial charge on any atom is 0.471 e. The standard InChI is InChI=1S/C24H28F3N7O4/c1-32(18(35)16(8-13-2-3-13)30-21(38)24(25,26)27)17(9-14-4-5-14)19(36)33-12-23(10-15(33)11-28)20(37)31-22-29-6-7-34(22)23/h6-7,13-17H,2-5,8-10,12H2,1H3,(H,30,38)(H,29,31,37)/t15-,16?,17-,23+/m0/s1. The van der Waals surface area contributed by atoms with Crippen LogP contribution < -0.4 is 10.6 Å². The minimum Gasteiger partial charge on any atom is -0.336 e. The smallest absolute Gasteiger partial charge is 0.336 e. The zero-order chi connectivity index (χ0) is 27.4. The van der Waals surface area contributed by atoms with Crippen molar-refractivity contribution in [2.24, 2.45) is 11.8 Å². The Kier molecular flexibility index (Phi) is 6.35. The Morgan fingerprint density at radius 3 is 2.53 bits per heavy atom. The number of hydrogen-bond donors (Lipinski definition) is 2. The SMILES string of the molecule is CN(C(=O)C(CC1CC1)NC(=O)C(F)(F)F)[C@@H](CC1CC1)C(=O)N1C[C@]2(C[C@H]1C#N)C(=O)Nc1nccn12. The van der Waals surface area contributed by atoms with E-state index in [4.69, 9.17) is 0 Å². The molecule has 1 aromatic rings. The van der Waals surface area contributed by atoms with E-state index in [9.17, 15) is 37.6 Å². The van der Waals surface area contributed by atoms with Gasteiger partial charge in [0, 0.05) is 25.9 Å². The number of nitriles is 1. The predicted molar refractivity (Wildman–Crippen MR) is 124 cm³/mol. The van der Waals surface area contributed by atoms with Gasteiger partial charge in [0.05, 0.1) is 12.6 Å². The summed E-state index contributed by atoms with van der Waals surface area (Å²) in [5.74, 6) is -3.45. The molecule has 2 N–H and O–H groups in total. The molecule has 11 nitrogen and oxygen atoms in total. The number of amides is 4. The number of hydrogen-bond acceptors (Lipinski definition) is 6. The highest BCUT2D eigenvalue weighted by Crippen LogP contribution is 2.42. The molecule has 1 spiro atoms. The molecule has 4 aliphatic rings. The third-order valence-electron chi connectivity index (χ3n) is 8.00. The van der Waals surface area contributed by atoms with E-state index in [1.807, 2.05) is 5.32 Å². The van der Waals surface area contributed by atoms with Crippen molar-refractivity contribution in [3.63, 3.8) is 0 Å². The van der Waals surface area contributed by atoms with Gasteiger partial charge in [-0.15, -0.1) is 0 Å². The Balaban J connectivity index is 1.39. The monoisotopic (exact) mass is 535 g/mol. The number of imidazole rings is 1. The van der Waals surface area contributed by atoms with Crippen LogP contribution >= 0.6 is 0 Å². The molecule has 4 amide bonds. The highest BCUT2D eigenvalue weighted by atomic mass is 19.4. The topological polar surface area (TPSA) is 140 Å². The van der Waals surface area contributed by atoms with E-state index in [1.54, 1.807) is 10.8 Å². The zero-order valence-electron chi connectivity index (χ0n) is 20.7. The Hall–Kier alpha value is -3.63. The second-order valence-electron chi connectivity index (χ2n) is 10.8. The average molecular weight is 536 g/mol. The largest absolute Gasteiger partial charge is 0.471 e. The molecule has 5 rings (SSSR count). The number of nitrogens with zero attached hydrogens (tertiary/aromatic N) is 5. The van der Waals surface area contributed by atoms with Crippen molar-refractivity contribution in [3.05, 3.63) is 12.4 Å². The average Bonchev–Trinajstić information content (AvgIpc) is 3.76. The van der Waals surface area contributed by atoms with Gasteiger partial charge in [-0.05, 0) is 24.7 Å². The van der Waals surface area contributed by atoms with Crippen LogP contribution in [0.15, 0.2) is 12.4 Å². The van der Waals surface area contributed by atoms with Gasteiger partial charge in [-0.2, -0.15) is 18.4 Å². The van der Waals surface area contributed by atoms with Crippen molar-refractivity contribution in [1.29, 1.82) is 5.26 Å². The van der Waals surface area contributed by atoms with Gasteiger partial charge < -0.3 is 15.1 Å². The summed E-state index contributed by atoms with van der Waals surface area (Å²) < 4.78 is 40.5. The molecule has 3 heterocycles. The van der Waals surface area contributed by atoms with Gasteiger partial charge >= 0.3 is 12.1 Å². The molecule has 3 fully saturated rings. The number of fused-ring (bicyclic) bond motifs is 2. The molecule has 1 aromatic heterocycles. The molecule has 4 atom stereocenters. The van der Waals surface area contributed by atoms with Crippen LogP contribution in [-0.4, -0.2) is 80.9 Å². The lowest BCUT2D eigenvalue weighted by molar-refractivity contribution is -0.175. The first-order chi connectivity index (χ1) is 17.9. The summed E-state index contributed by atoms with van der Waals surface area (Å²) >= 11 is 0. The predicted octanol–water partition coefficient (Wildman–Crippen LogP) is 1.13. The molecular weight excluding hydrogens is 507 g/mol. The fraction of sp³-hybridized carbons (Fsp3) is 0.667. The van der Waals surface area contributed by atoms with E-state index in [1.165, 1.54) is 18.1 Å². The molecule has 2 aliphatic heterocycles. The van der Waals surface area contributed by atoms with Crippen LogP contribution in [0.3, 0.4) is 0 Å². The van der Waals surface area contributed by atoms with Gasteiger partial charge in [0.1, 0.15) is 23.7 Å². The number of anilines is 1. The van der Waals surface area contributed by atoms with Gasteiger partial charge in [0.2, 0.25) is 17.8 Å². The number of carbonyl (C=O) groups is 4. The second-order valence-corrected chi connectivity index (χ2v) is 10.8. The normalized spacial score (nSPS) is 25.9. The molecule has 2 aliphatic carbocycles. The minimum atomic E-state index is -5.15. The van der Waals surface area contributed by atoms with Gasteiger partial charge in [-0.3, -0.25) is 29.1 Å². The van der Waals surface area contributed by atoms with Crippen LogP contribution in [0.25, 0.3) is 0 Å². The highest BCUT2D eigenvalue weighted by Gasteiger charge is 2.57. The number of halogens is 3. The molecule has 0 bridgehead atoms. The molecule has 204 valence electrons. The first-order valence-electron chi connectivity index (χ1n) is 12.6. The summed E-state index contributed by atoms with van der Waals surface area (Å²) in [6.45, 7) is -0.112. The molecule has 1 unspecified atom stereocenters. The molecule has 38 heavy (non-hydrogen) atoms. The summed E-state index contributed by atoms with van der Waals surface area (Å²) in [6.07, 6.45) is 1.48. The summed E-state index contributed by atoms with van der Waals surface area (Å²) in [6, 6.07) is -1.36. The maximum absolute atomic E-state index is 13.9. The van der Waals surface area contributed by atoms with Crippen LogP contribution in [-0.2, 0) is 24.7 Å². The number of alkyl halides is 3. The van der Waals surface area contributed by atoms with Gasteiger partial charge in [0.15, 0.2) is 0 Å². The Morgan fingerprint density at radius 1 is 1.26 bits per heavy atom. The Morgan fingerprint density at radius 2 is 1.92 bits per heavy atom. The van der Waals surface area contributed by atoms with Crippen LogP contribution in [0.5, 0.6) is 0 Å².